The average molecular weight is 545 g/mol. The zero-order valence-corrected chi connectivity index (χ0v) is 22.8. The molecular weight excluding hydrogens is 508 g/mol. The molecule has 3 saturated heterocycles. The highest BCUT2D eigenvalue weighted by Crippen LogP contribution is 2.34. The van der Waals surface area contributed by atoms with Gasteiger partial charge in [-0.2, -0.15) is 9.97 Å². The third-order valence-corrected chi connectivity index (χ3v) is 7.84. The third kappa shape index (κ3) is 6.09. The summed E-state index contributed by atoms with van der Waals surface area (Å²) in [5, 5.41) is 15.3. The van der Waals surface area contributed by atoms with Crippen LogP contribution in [0.25, 0.3) is 11.4 Å². The molecule has 10 heteroatoms. The summed E-state index contributed by atoms with van der Waals surface area (Å²) in [5.41, 5.74) is 3.23. The number of carbonyl (C=O) groups is 1. The predicted octanol–water partition coefficient (Wildman–Crippen LogP) is 4.37. The molecule has 3 aliphatic rings. The van der Waals surface area contributed by atoms with Crippen LogP contribution in [0.4, 0.5) is 22.1 Å². The molecule has 210 valence electrons. The first-order chi connectivity index (χ1) is 19.5. The highest BCUT2D eigenvalue weighted by Gasteiger charge is 2.39. The van der Waals surface area contributed by atoms with Crippen molar-refractivity contribution >= 4 is 23.4 Å². The molecule has 2 aromatic carbocycles. The Morgan fingerprint density at radius 1 is 0.900 bits per heavy atom. The number of amides is 2. The van der Waals surface area contributed by atoms with Crippen LogP contribution in [-0.2, 0) is 15.9 Å². The van der Waals surface area contributed by atoms with Gasteiger partial charge in [0.2, 0.25) is 5.95 Å². The largest absolute Gasteiger partial charge is 0.393 e. The zero-order valence-electron chi connectivity index (χ0n) is 22.8. The molecule has 6 rings (SSSR count). The van der Waals surface area contributed by atoms with Crippen LogP contribution in [0.5, 0.6) is 0 Å². The highest BCUT2D eigenvalue weighted by atomic mass is 16.5. The van der Waals surface area contributed by atoms with Crippen molar-refractivity contribution < 1.29 is 19.4 Å². The fourth-order valence-electron chi connectivity index (χ4n) is 5.78. The number of morpholine rings is 1. The molecule has 0 radical (unpaired) electrons. The van der Waals surface area contributed by atoms with E-state index in [-0.39, 0.29) is 11.9 Å². The van der Waals surface area contributed by atoms with E-state index < -0.39 is 6.10 Å². The smallest absolute Gasteiger partial charge is 0.323 e. The van der Waals surface area contributed by atoms with Crippen LogP contribution in [0, 0.1) is 0 Å². The van der Waals surface area contributed by atoms with Crippen LogP contribution in [0.3, 0.4) is 0 Å². The van der Waals surface area contributed by atoms with E-state index in [1.807, 2.05) is 48.5 Å². The molecule has 3 fully saturated rings. The molecule has 0 spiro atoms. The van der Waals surface area contributed by atoms with Gasteiger partial charge < -0.3 is 30.1 Å². The van der Waals surface area contributed by atoms with E-state index in [2.05, 4.69) is 15.5 Å². The number of urea groups is 1. The van der Waals surface area contributed by atoms with E-state index in [4.69, 9.17) is 24.4 Å². The fourth-order valence-corrected chi connectivity index (χ4v) is 5.78. The molecule has 2 amide bonds. The molecule has 4 heterocycles. The number of aliphatic hydroxyl groups excluding tert-OH is 1. The second-order valence-electron chi connectivity index (χ2n) is 10.9. The lowest BCUT2D eigenvalue weighted by atomic mass is 9.99. The van der Waals surface area contributed by atoms with Crippen molar-refractivity contribution in [3.05, 3.63) is 59.9 Å². The topological polar surface area (TPSA) is 122 Å². The molecule has 3 aromatic rings. The number of hydrogen-bond acceptors (Lipinski definition) is 8. The molecular formula is C30H36N6O4. The van der Waals surface area contributed by atoms with Gasteiger partial charge in [0, 0.05) is 36.1 Å². The van der Waals surface area contributed by atoms with Crippen molar-refractivity contribution in [2.24, 2.45) is 0 Å². The van der Waals surface area contributed by atoms with Gasteiger partial charge in [-0.05, 0) is 81.0 Å². The van der Waals surface area contributed by atoms with E-state index in [9.17, 15) is 9.90 Å². The summed E-state index contributed by atoms with van der Waals surface area (Å²) < 4.78 is 11.4. The van der Waals surface area contributed by atoms with Crippen molar-refractivity contribution in [1.82, 2.24) is 15.0 Å². The van der Waals surface area contributed by atoms with Crippen LogP contribution in [-0.4, -0.2) is 70.7 Å². The van der Waals surface area contributed by atoms with Gasteiger partial charge in [0.05, 0.1) is 31.4 Å². The normalized spacial score (nSPS) is 21.7. The number of aromatic nitrogens is 3. The van der Waals surface area contributed by atoms with Gasteiger partial charge in [-0.15, -0.1) is 0 Å². The van der Waals surface area contributed by atoms with E-state index >= 15 is 0 Å². The van der Waals surface area contributed by atoms with Crippen LogP contribution < -0.4 is 15.5 Å². The SMILES string of the molecule is CC(O)Cc1ccc(NC(=O)Nc2ccc(-c3nc(C4CCOCC4)nc(N4C5CCC4COC5)n3)cc2)cc1. The van der Waals surface area contributed by atoms with Gasteiger partial charge in [-0.3, -0.25) is 0 Å². The lowest BCUT2D eigenvalue weighted by Crippen LogP contribution is -2.47. The molecule has 3 N–H and O–H groups in total. The summed E-state index contributed by atoms with van der Waals surface area (Å²) in [6.45, 7) is 4.61. The Morgan fingerprint density at radius 3 is 2.15 bits per heavy atom. The molecule has 3 atom stereocenters. The minimum atomic E-state index is -0.405. The van der Waals surface area contributed by atoms with Crippen molar-refractivity contribution in [2.45, 2.75) is 63.1 Å². The van der Waals surface area contributed by atoms with Crippen LogP contribution >= 0.6 is 0 Å². The summed E-state index contributed by atoms with van der Waals surface area (Å²) in [5.74, 6) is 2.46. The zero-order chi connectivity index (χ0) is 27.5. The number of aliphatic hydroxyl groups is 1. The van der Waals surface area contributed by atoms with E-state index in [1.165, 1.54) is 0 Å². The Balaban J connectivity index is 1.18. The van der Waals surface area contributed by atoms with Gasteiger partial charge in [0.25, 0.3) is 0 Å². The predicted molar refractivity (Wildman–Crippen MR) is 153 cm³/mol. The number of benzene rings is 2. The number of nitrogens with zero attached hydrogens (tertiary/aromatic N) is 4. The van der Waals surface area contributed by atoms with Gasteiger partial charge in [0.15, 0.2) is 5.82 Å². The lowest BCUT2D eigenvalue weighted by Gasteiger charge is -2.35. The maximum atomic E-state index is 12.6. The third-order valence-electron chi connectivity index (χ3n) is 7.84. The Bertz CT molecular complexity index is 1290. The van der Waals surface area contributed by atoms with Crippen LogP contribution in [0.15, 0.2) is 48.5 Å². The number of carbonyl (C=O) groups excluding carboxylic acids is 1. The first-order valence-corrected chi connectivity index (χ1v) is 14.2. The molecule has 10 nitrogen and oxygen atoms in total. The Labute approximate surface area is 234 Å². The summed E-state index contributed by atoms with van der Waals surface area (Å²) in [6.07, 6.45) is 4.16. The molecule has 3 unspecified atom stereocenters. The van der Waals surface area contributed by atoms with Gasteiger partial charge in [-0.25, -0.2) is 9.78 Å². The molecule has 0 aliphatic carbocycles. The minimum absolute atomic E-state index is 0.249. The number of hydrogen-bond donors (Lipinski definition) is 3. The maximum absolute atomic E-state index is 12.6. The summed E-state index contributed by atoms with van der Waals surface area (Å²) in [7, 11) is 0. The van der Waals surface area contributed by atoms with E-state index in [0.29, 0.717) is 48.9 Å². The van der Waals surface area contributed by atoms with E-state index in [1.54, 1.807) is 6.92 Å². The Morgan fingerprint density at radius 2 is 1.52 bits per heavy atom. The Hall–Kier alpha value is -3.60. The first-order valence-electron chi connectivity index (χ1n) is 14.2. The van der Waals surface area contributed by atoms with Gasteiger partial charge in [-0.1, -0.05) is 12.1 Å². The number of rotatable bonds is 7. The second-order valence-corrected chi connectivity index (χ2v) is 10.9. The van der Waals surface area contributed by atoms with Crippen molar-refractivity contribution in [1.29, 1.82) is 0 Å². The van der Waals surface area contributed by atoms with Crippen LogP contribution in [0.2, 0.25) is 0 Å². The molecule has 2 bridgehead atoms. The molecule has 40 heavy (non-hydrogen) atoms. The average Bonchev–Trinajstić information content (AvgIpc) is 3.22. The monoisotopic (exact) mass is 544 g/mol. The summed E-state index contributed by atoms with van der Waals surface area (Å²) in [4.78, 5) is 29.8. The minimum Gasteiger partial charge on any atom is -0.393 e. The van der Waals surface area contributed by atoms with Crippen molar-refractivity contribution in [3.8, 4) is 11.4 Å². The van der Waals surface area contributed by atoms with Gasteiger partial charge >= 0.3 is 6.03 Å². The summed E-state index contributed by atoms with van der Waals surface area (Å²) in [6, 6.07) is 15.3. The van der Waals surface area contributed by atoms with Gasteiger partial charge in [0.1, 0.15) is 5.82 Å². The molecule has 0 saturated carbocycles. The number of ether oxygens (including phenoxy) is 2. The number of anilines is 3. The second kappa shape index (κ2) is 11.9. The maximum Gasteiger partial charge on any atom is 0.323 e. The fraction of sp³-hybridized carbons (Fsp3) is 0.467. The Kier molecular flexibility index (Phi) is 7.90. The van der Waals surface area contributed by atoms with Crippen molar-refractivity contribution in [2.75, 3.05) is 42.0 Å². The number of fused-ring (bicyclic) bond motifs is 2. The quantitative estimate of drug-likeness (QED) is 0.401. The molecule has 3 aliphatic heterocycles. The molecule has 1 aromatic heterocycles. The van der Waals surface area contributed by atoms with Crippen LogP contribution in [0.1, 0.15) is 49.9 Å². The summed E-state index contributed by atoms with van der Waals surface area (Å²) >= 11 is 0. The van der Waals surface area contributed by atoms with E-state index in [0.717, 1.165) is 61.8 Å². The number of nitrogens with one attached hydrogen (secondary N) is 2. The first kappa shape index (κ1) is 26.6. The highest BCUT2D eigenvalue weighted by molar-refractivity contribution is 5.99. The lowest BCUT2D eigenvalue weighted by molar-refractivity contribution is 0.0831. The van der Waals surface area contributed by atoms with Crippen molar-refractivity contribution in [3.63, 3.8) is 0 Å². The standard InChI is InChI=1S/C30H36N6O4/c1-19(37)16-20-2-6-23(7-3-20)31-30(38)32-24-8-4-21(5-9-24)27-33-28(22-12-14-39-15-13-22)35-29(34-27)36-25-10-11-26(36)18-40-17-25/h2-9,19,22,25-26,37H,10-18H2,1H3,(H2,31,32,38).